The Hall–Kier alpha value is -2.40. The second-order valence-corrected chi connectivity index (χ2v) is 5.14. The van der Waals surface area contributed by atoms with Gasteiger partial charge in [0, 0.05) is 25.5 Å². The quantitative estimate of drug-likeness (QED) is 0.781. The average Bonchev–Trinajstić information content (AvgIpc) is 3.15. The van der Waals surface area contributed by atoms with Crippen molar-refractivity contribution in [3.63, 3.8) is 0 Å². The Morgan fingerprint density at radius 1 is 1.14 bits per heavy atom. The molecule has 5 nitrogen and oxygen atoms in total. The highest BCUT2D eigenvalue weighted by Gasteiger charge is 2.10. The van der Waals surface area contributed by atoms with Gasteiger partial charge in [-0.05, 0) is 31.2 Å². The van der Waals surface area contributed by atoms with Gasteiger partial charge >= 0.3 is 0 Å². The molecule has 3 aromatic rings. The number of para-hydroxylation sites is 1. The molecule has 3 rings (SSSR count). The maximum absolute atomic E-state index is 4.26. The van der Waals surface area contributed by atoms with Crippen molar-refractivity contribution in [3.05, 3.63) is 66.2 Å². The number of hydrogen-bond acceptors (Lipinski definition) is 3. The van der Waals surface area contributed by atoms with Crippen molar-refractivity contribution >= 4 is 0 Å². The molecule has 0 fully saturated rings. The molecule has 0 saturated heterocycles. The minimum atomic E-state index is 0.150. The zero-order valence-electron chi connectivity index (χ0n) is 12.3. The van der Waals surface area contributed by atoms with Gasteiger partial charge in [0.05, 0.1) is 23.6 Å². The highest BCUT2D eigenvalue weighted by atomic mass is 15.4. The second-order valence-electron chi connectivity index (χ2n) is 5.14. The molecule has 1 atom stereocenters. The summed E-state index contributed by atoms with van der Waals surface area (Å²) in [6.45, 7) is 2.91. The summed E-state index contributed by atoms with van der Waals surface area (Å²) in [6, 6.07) is 14.3. The molecule has 0 amide bonds. The van der Waals surface area contributed by atoms with E-state index in [0.29, 0.717) is 0 Å². The topological polar surface area (TPSA) is 47.7 Å². The first-order valence-corrected chi connectivity index (χ1v) is 7.05. The monoisotopic (exact) mass is 281 g/mol. The van der Waals surface area contributed by atoms with Crippen molar-refractivity contribution in [2.24, 2.45) is 7.05 Å². The third-order valence-electron chi connectivity index (χ3n) is 3.62. The zero-order chi connectivity index (χ0) is 14.7. The van der Waals surface area contributed by atoms with Gasteiger partial charge in [0.25, 0.3) is 0 Å². The zero-order valence-corrected chi connectivity index (χ0v) is 12.3. The number of hydrogen-bond donors (Lipinski definition) is 1. The molecule has 2 heterocycles. The van der Waals surface area contributed by atoms with Crippen LogP contribution in [0.3, 0.4) is 0 Å². The SMILES string of the molecule is CC(NCc1cccn1C)c1cn(-c2ccccc2)nn1. The average molecular weight is 281 g/mol. The first kappa shape index (κ1) is 13.6. The minimum Gasteiger partial charge on any atom is -0.353 e. The molecular formula is C16H19N5. The van der Waals surface area contributed by atoms with Crippen LogP contribution in [-0.2, 0) is 13.6 Å². The van der Waals surface area contributed by atoms with E-state index in [2.05, 4.69) is 33.2 Å². The van der Waals surface area contributed by atoms with E-state index in [-0.39, 0.29) is 6.04 Å². The van der Waals surface area contributed by atoms with E-state index in [1.165, 1.54) is 5.69 Å². The predicted octanol–water partition coefficient (Wildman–Crippen LogP) is 2.46. The standard InChI is InChI=1S/C16H19N5/c1-13(17-11-15-9-6-10-20(15)2)16-12-21(19-18-16)14-7-4-3-5-8-14/h3-10,12-13,17H,11H2,1-2H3. The van der Waals surface area contributed by atoms with Crippen LogP contribution in [0.15, 0.2) is 54.9 Å². The minimum absolute atomic E-state index is 0.150. The summed E-state index contributed by atoms with van der Waals surface area (Å²) >= 11 is 0. The molecule has 21 heavy (non-hydrogen) atoms. The molecule has 0 bridgehead atoms. The Labute approximate surface area is 124 Å². The number of rotatable bonds is 5. The molecule has 0 radical (unpaired) electrons. The van der Waals surface area contributed by atoms with E-state index in [1.54, 1.807) is 4.68 Å². The van der Waals surface area contributed by atoms with Crippen LogP contribution in [0.2, 0.25) is 0 Å². The third kappa shape index (κ3) is 3.03. The van der Waals surface area contributed by atoms with E-state index < -0.39 is 0 Å². The summed E-state index contributed by atoms with van der Waals surface area (Å²) < 4.78 is 3.91. The van der Waals surface area contributed by atoms with Crippen LogP contribution < -0.4 is 5.32 Å². The predicted molar refractivity (Wildman–Crippen MR) is 82.0 cm³/mol. The molecule has 0 aliphatic heterocycles. The van der Waals surface area contributed by atoms with Crippen LogP contribution in [-0.4, -0.2) is 19.6 Å². The normalized spacial score (nSPS) is 12.5. The second kappa shape index (κ2) is 5.93. The van der Waals surface area contributed by atoms with Crippen molar-refractivity contribution in [2.75, 3.05) is 0 Å². The molecule has 1 aromatic carbocycles. The van der Waals surface area contributed by atoms with E-state index in [4.69, 9.17) is 0 Å². The summed E-state index contributed by atoms with van der Waals surface area (Å²) in [7, 11) is 2.05. The van der Waals surface area contributed by atoms with Crippen LogP contribution in [0.4, 0.5) is 0 Å². The maximum Gasteiger partial charge on any atom is 0.0998 e. The Bertz CT molecular complexity index is 698. The summed E-state index contributed by atoms with van der Waals surface area (Å²) in [5, 5.41) is 11.9. The lowest BCUT2D eigenvalue weighted by atomic mass is 10.2. The van der Waals surface area contributed by atoms with E-state index in [0.717, 1.165) is 17.9 Å². The van der Waals surface area contributed by atoms with E-state index in [9.17, 15) is 0 Å². The Morgan fingerprint density at radius 3 is 2.67 bits per heavy atom. The summed E-state index contributed by atoms with van der Waals surface area (Å²) in [5.74, 6) is 0. The molecule has 108 valence electrons. The molecule has 0 aliphatic rings. The van der Waals surface area contributed by atoms with E-state index >= 15 is 0 Å². The third-order valence-corrected chi connectivity index (χ3v) is 3.62. The van der Waals surface area contributed by atoms with Crippen LogP contribution in [0.5, 0.6) is 0 Å². The van der Waals surface area contributed by atoms with Crippen molar-refractivity contribution < 1.29 is 0 Å². The van der Waals surface area contributed by atoms with E-state index in [1.807, 2.05) is 55.8 Å². The van der Waals surface area contributed by atoms with Crippen LogP contribution in [0.25, 0.3) is 5.69 Å². The summed E-state index contributed by atoms with van der Waals surface area (Å²) in [4.78, 5) is 0. The van der Waals surface area contributed by atoms with Gasteiger partial charge in [0.1, 0.15) is 0 Å². The number of benzene rings is 1. The van der Waals surface area contributed by atoms with Crippen molar-refractivity contribution in [3.8, 4) is 5.69 Å². The lowest BCUT2D eigenvalue weighted by molar-refractivity contribution is 0.545. The van der Waals surface area contributed by atoms with Crippen LogP contribution >= 0.6 is 0 Å². The van der Waals surface area contributed by atoms with Crippen molar-refractivity contribution in [1.29, 1.82) is 0 Å². The number of aryl methyl sites for hydroxylation is 1. The number of aromatic nitrogens is 4. The lowest BCUT2D eigenvalue weighted by Crippen LogP contribution is -2.19. The molecule has 0 spiro atoms. The first-order chi connectivity index (χ1) is 10.2. The highest BCUT2D eigenvalue weighted by molar-refractivity contribution is 5.30. The van der Waals surface area contributed by atoms with Gasteiger partial charge in [-0.3, -0.25) is 0 Å². The lowest BCUT2D eigenvalue weighted by Gasteiger charge is -2.11. The first-order valence-electron chi connectivity index (χ1n) is 7.05. The largest absolute Gasteiger partial charge is 0.353 e. The highest BCUT2D eigenvalue weighted by Crippen LogP contribution is 2.12. The molecule has 0 saturated carbocycles. The molecule has 1 N–H and O–H groups in total. The molecule has 1 unspecified atom stereocenters. The van der Waals surface area contributed by atoms with Gasteiger partial charge in [-0.15, -0.1) is 5.10 Å². The summed E-state index contributed by atoms with van der Waals surface area (Å²) in [6.07, 6.45) is 4.02. The fourth-order valence-electron chi connectivity index (χ4n) is 2.22. The maximum atomic E-state index is 4.26. The van der Waals surface area contributed by atoms with Gasteiger partial charge in [-0.25, -0.2) is 4.68 Å². The fraction of sp³-hybridized carbons (Fsp3) is 0.250. The van der Waals surface area contributed by atoms with Crippen LogP contribution in [0, 0.1) is 0 Å². The Balaban J connectivity index is 1.67. The molecule has 2 aromatic heterocycles. The Kier molecular flexibility index (Phi) is 3.83. The van der Waals surface area contributed by atoms with Crippen molar-refractivity contribution in [1.82, 2.24) is 24.9 Å². The van der Waals surface area contributed by atoms with Crippen LogP contribution in [0.1, 0.15) is 24.4 Å². The summed E-state index contributed by atoms with van der Waals surface area (Å²) in [5.41, 5.74) is 3.20. The molecule has 5 heteroatoms. The smallest absolute Gasteiger partial charge is 0.0998 e. The molecule has 0 aliphatic carbocycles. The van der Waals surface area contributed by atoms with Gasteiger partial charge in [-0.2, -0.15) is 0 Å². The van der Waals surface area contributed by atoms with Gasteiger partial charge in [0.15, 0.2) is 0 Å². The Morgan fingerprint density at radius 2 is 1.95 bits per heavy atom. The van der Waals surface area contributed by atoms with Gasteiger partial charge in [0.2, 0.25) is 0 Å². The number of nitrogens with zero attached hydrogens (tertiary/aromatic N) is 4. The van der Waals surface area contributed by atoms with Gasteiger partial charge < -0.3 is 9.88 Å². The van der Waals surface area contributed by atoms with Gasteiger partial charge in [-0.1, -0.05) is 23.4 Å². The fourth-order valence-corrected chi connectivity index (χ4v) is 2.22. The molecular weight excluding hydrogens is 262 g/mol. The number of nitrogens with one attached hydrogen (secondary N) is 1. The van der Waals surface area contributed by atoms with Crippen molar-refractivity contribution in [2.45, 2.75) is 19.5 Å².